The minimum absolute atomic E-state index is 0.129. The third-order valence-corrected chi connectivity index (χ3v) is 9.76. The van der Waals surface area contributed by atoms with Gasteiger partial charge in [0.25, 0.3) is 0 Å². The maximum atomic E-state index is 13.1. The van der Waals surface area contributed by atoms with E-state index >= 15 is 0 Å². The molecule has 40 heavy (non-hydrogen) atoms. The van der Waals surface area contributed by atoms with Crippen LogP contribution < -0.4 is 15.4 Å². The van der Waals surface area contributed by atoms with Gasteiger partial charge in [0, 0.05) is 25.3 Å². The molecule has 10 nitrogen and oxygen atoms in total. The molecule has 0 saturated carbocycles. The predicted molar refractivity (Wildman–Crippen MR) is 152 cm³/mol. The zero-order chi connectivity index (χ0) is 28.1. The molecule has 4 N–H and O–H groups in total. The van der Waals surface area contributed by atoms with Crippen LogP contribution in [0.2, 0.25) is 0 Å². The van der Waals surface area contributed by atoms with Crippen molar-refractivity contribution in [1.29, 1.82) is 0 Å². The summed E-state index contributed by atoms with van der Waals surface area (Å²) in [6.07, 6.45) is 7.96. The fraction of sp³-hybridized carbons (Fsp3) is 0.552. The fourth-order valence-corrected chi connectivity index (χ4v) is 7.58. The zero-order valence-corrected chi connectivity index (χ0v) is 23.6. The Balaban J connectivity index is 1.10. The third-order valence-electron chi connectivity index (χ3n) is 8.20. The van der Waals surface area contributed by atoms with Crippen LogP contribution >= 0.6 is 0 Å². The Hall–Kier alpha value is -3.02. The summed E-state index contributed by atoms with van der Waals surface area (Å²) in [7, 11) is -4.05. The molecular weight excluding hydrogens is 530 g/mol. The van der Waals surface area contributed by atoms with Crippen molar-refractivity contribution in [3.8, 4) is 0 Å². The van der Waals surface area contributed by atoms with E-state index < -0.39 is 22.0 Å². The van der Waals surface area contributed by atoms with Crippen molar-refractivity contribution in [3.63, 3.8) is 0 Å². The summed E-state index contributed by atoms with van der Waals surface area (Å²) in [5, 5.41) is 15.8. The molecule has 1 fully saturated rings. The number of carboxylic acid groups (broad SMARTS) is 1. The van der Waals surface area contributed by atoms with Crippen LogP contribution in [0, 0.1) is 5.92 Å². The number of pyridine rings is 1. The lowest BCUT2D eigenvalue weighted by molar-refractivity contribution is -0.139. The highest BCUT2D eigenvalue weighted by molar-refractivity contribution is 7.89. The number of nitrogens with one attached hydrogen (secondary N) is 3. The number of sulfonamides is 1. The highest BCUT2D eigenvalue weighted by Crippen LogP contribution is 2.28. The standard InChI is InChI=1S/C29H39N5O5S/c35-28(31-18-25(29(36)37)33-40(38,39)26-12-2-7-20-6-1-11-24(20)26)22-9-4-16-34(19-22)17-5-10-23-14-13-21-8-3-15-30-27(21)32-23/h2,7,12-14,22,25,33H,1,3-6,8-11,15-19H2,(H,30,32)(H,31,35)(H,36,37)/t22-,25+/m1/s1. The van der Waals surface area contributed by atoms with Gasteiger partial charge >= 0.3 is 5.97 Å². The lowest BCUT2D eigenvalue weighted by Crippen LogP contribution is -2.51. The van der Waals surface area contributed by atoms with E-state index in [1.807, 2.05) is 6.07 Å². The number of piperidine rings is 1. The molecule has 1 aromatic heterocycles. The number of benzene rings is 1. The molecule has 2 aliphatic heterocycles. The van der Waals surface area contributed by atoms with Crippen LogP contribution in [0.3, 0.4) is 0 Å². The normalized spacial score (nSPS) is 19.8. The number of aromatic nitrogens is 1. The number of nitrogens with zero attached hydrogens (tertiary/aromatic N) is 2. The summed E-state index contributed by atoms with van der Waals surface area (Å²) in [6.45, 7) is 3.03. The largest absolute Gasteiger partial charge is 0.480 e. The first-order chi connectivity index (χ1) is 19.3. The fourth-order valence-electron chi connectivity index (χ4n) is 6.08. The van der Waals surface area contributed by atoms with Gasteiger partial charge in [-0.2, -0.15) is 4.72 Å². The van der Waals surface area contributed by atoms with Gasteiger partial charge < -0.3 is 20.6 Å². The van der Waals surface area contributed by atoms with Crippen molar-refractivity contribution in [3.05, 3.63) is 52.7 Å². The monoisotopic (exact) mass is 569 g/mol. The summed E-state index contributed by atoms with van der Waals surface area (Å²) in [5.74, 6) is -0.817. The second-order valence-electron chi connectivity index (χ2n) is 11.1. The number of amides is 1. The van der Waals surface area contributed by atoms with Crippen molar-refractivity contribution in [1.82, 2.24) is 19.9 Å². The Kier molecular flexibility index (Phi) is 9.02. The Morgan fingerprint density at radius 1 is 1.10 bits per heavy atom. The summed E-state index contributed by atoms with van der Waals surface area (Å²) in [4.78, 5) is 32.0. The number of aryl methyl sites for hydroxylation is 3. The van der Waals surface area contributed by atoms with Crippen LogP contribution in [0.1, 0.15) is 54.5 Å². The number of rotatable bonds is 11. The van der Waals surface area contributed by atoms with Gasteiger partial charge in [0.15, 0.2) is 0 Å². The SMILES string of the molecule is O=C(NC[C@H](NS(=O)(=O)c1cccc2c1CCC2)C(=O)O)[C@@H]1CCCN(CCCc2ccc3c(n2)NCCC3)C1. The van der Waals surface area contributed by atoms with E-state index in [0.29, 0.717) is 13.0 Å². The highest BCUT2D eigenvalue weighted by atomic mass is 32.2. The van der Waals surface area contributed by atoms with Gasteiger partial charge in [0.2, 0.25) is 15.9 Å². The molecule has 1 saturated heterocycles. The van der Waals surface area contributed by atoms with Crippen LogP contribution in [-0.2, 0) is 45.3 Å². The van der Waals surface area contributed by atoms with Crippen LogP contribution in [0.4, 0.5) is 5.82 Å². The Labute approximate surface area is 236 Å². The minimum Gasteiger partial charge on any atom is -0.480 e. The quantitative estimate of drug-likeness (QED) is 0.323. The summed E-state index contributed by atoms with van der Waals surface area (Å²) in [6, 6.07) is 7.93. The number of hydrogen-bond donors (Lipinski definition) is 4. The molecule has 5 rings (SSSR count). The first-order valence-corrected chi connectivity index (χ1v) is 15.9. The summed E-state index contributed by atoms with van der Waals surface area (Å²) in [5.41, 5.74) is 4.09. The topological polar surface area (TPSA) is 141 Å². The van der Waals surface area contributed by atoms with Crippen LogP contribution in [-0.4, -0.2) is 74.1 Å². The molecule has 2 atom stereocenters. The lowest BCUT2D eigenvalue weighted by atomic mass is 9.96. The number of likely N-dealkylation sites (tertiary alicyclic amines) is 1. The molecule has 0 bridgehead atoms. The molecular formula is C29H39N5O5S. The molecule has 0 radical (unpaired) electrons. The minimum atomic E-state index is -4.05. The van der Waals surface area contributed by atoms with Crippen molar-refractivity contribution in [2.24, 2.45) is 5.92 Å². The Morgan fingerprint density at radius 2 is 1.95 bits per heavy atom. The van der Waals surface area contributed by atoms with E-state index in [0.717, 1.165) is 93.6 Å². The van der Waals surface area contributed by atoms with Crippen molar-refractivity contribution in [2.45, 2.75) is 68.7 Å². The number of carbonyl (C=O) groups excluding carboxylic acids is 1. The molecule has 3 aliphatic rings. The Morgan fingerprint density at radius 3 is 2.80 bits per heavy atom. The van der Waals surface area contributed by atoms with Gasteiger partial charge in [-0.05, 0) is 99.7 Å². The first-order valence-electron chi connectivity index (χ1n) is 14.4. The average Bonchev–Trinajstić information content (AvgIpc) is 3.44. The van der Waals surface area contributed by atoms with Crippen LogP contribution in [0.5, 0.6) is 0 Å². The van der Waals surface area contributed by atoms with Gasteiger partial charge in [-0.15, -0.1) is 0 Å². The molecule has 1 aliphatic carbocycles. The lowest BCUT2D eigenvalue weighted by Gasteiger charge is -2.32. The molecule has 1 amide bonds. The number of fused-ring (bicyclic) bond motifs is 2. The number of carbonyl (C=O) groups is 2. The molecule has 3 heterocycles. The van der Waals surface area contributed by atoms with E-state index in [1.165, 1.54) is 11.6 Å². The second-order valence-corrected chi connectivity index (χ2v) is 12.8. The van der Waals surface area contributed by atoms with E-state index in [1.54, 1.807) is 6.07 Å². The molecule has 0 spiro atoms. The first kappa shape index (κ1) is 28.5. The molecule has 2 aromatic rings. The van der Waals surface area contributed by atoms with E-state index in [4.69, 9.17) is 4.98 Å². The molecule has 0 unspecified atom stereocenters. The van der Waals surface area contributed by atoms with Crippen LogP contribution in [0.15, 0.2) is 35.2 Å². The molecule has 1 aromatic carbocycles. The predicted octanol–water partition coefficient (Wildman–Crippen LogP) is 2.12. The Bertz CT molecular complexity index is 1350. The zero-order valence-electron chi connectivity index (χ0n) is 22.8. The van der Waals surface area contributed by atoms with Gasteiger partial charge in [0.05, 0.1) is 10.8 Å². The maximum absolute atomic E-state index is 13.1. The number of carboxylic acids is 1. The van der Waals surface area contributed by atoms with E-state index in [-0.39, 0.29) is 23.3 Å². The molecule has 216 valence electrons. The number of aliphatic carboxylic acids is 1. The van der Waals surface area contributed by atoms with Gasteiger partial charge in [-0.1, -0.05) is 18.2 Å². The third kappa shape index (κ3) is 6.82. The van der Waals surface area contributed by atoms with E-state index in [9.17, 15) is 23.1 Å². The van der Waals surface area contributed by atoms with Crippen molar-refractivity contribution >= 4 is 27.7 Å². The summed E-state index contributed by atoms with van der Waals surface area (Å²) < 4.78 is 28.4. The van der Waals surface area contributed by atoms with Crippen molar-refractivity contribution < 1.29 is 23.1 Å². The summed E-state index contributed by atoms with van der Waals surface area (Å²) >= 11 is 0. The van der Waals surface area contributed by atoms with Gasteiger partial charge in [-0.3, -0.25) is 9.59 Å². The highest BCUT2D eigenvalue weighted by Gasteiger charge is 2.31. The second kappa shape index (κ2) is 12.7. The number of anilines is 1. The maximum Gasteiger partial charge on any atom is 0.323 e. The average molecular weight is 570 g/mol. The van der Waals surface area contributed by atoms with E-state index in [2.05, 4.69) is 32.4 Å². The van der Waals surface area contributed by atoms with Gasteiger partial charge in [0.1, 0.15) is 11.9 Å². The number of hydrogen-bond acceptors (Lipinski definition) is 7. The van der Waals surface area contributed by atoms with Crippen LogP contribution in [0.25, 0.3) is 0 Å². The van der Waals surface area contributed by atoms with Gasteiger partial charge in [-0.25, -0.2) is 13.4 Å². The smallest absolute Gasteiger partial charge is 0.323 e. The van der Waals surface area contributed by atoms with Crippen molar-refractivity contribution in [2.75, 3.05) is 38.0 Å². The molecule has 11 heteroatoms.